The number of para-hydroxylation sites is 1. The van der Waals surface area contributed by atoms with Gasteiger partial charge in [0.2, 0.25) is 5.91 Å². The molecule has 0 radical (unpaired) electrons. The third-order valence-electron chi connectivity index (χ3n) is 3.39. The van der Waals surface area contributed by atoms with Gasteiger partial charge in [0.25, 0.3) is 11.7 Å². The number of carbonyl (C=O) groups excluding carboxylic acids is 3. The van der Waals surface area contributed by atoms with Crippen molar-refractivity contribution >= 4 is 34.9 Å². The maximum absolute atomic E-state index is 12.0. The molecule has 21 heavy (non-hydrogen) atoms. The topological polar surface area (TPSA) is 92.5 Å². The zero-order valence-corrected chi connectivity index (χ0v) is 12.2. The van der Waals surface area contributed by atoms with Crippen LogP contribution in [0.25, 0.3) is 0 Å². The molecule has 0 unspecified atom stereocenters. The highest BCUT2D eigenvalue weighted by Crippen LogP contribution is 2.35. The maximum atomic E-state index is 12.0. The van der Waals surface area contributed by atoms with Crippen LogP contribution in [0.4, 0.5) is 5.69 Å². The third-order valence-corrected chi connectivity index (χ3v) is 3.69. The summed E-state index contributed by atoms with van der Waals surface area (Å²) in [6.45, 7) is 0.408. The van der Waals surface area contributed by atoms with Gasteiger partial charge < -0.3 is 4.90 Å². The monoisotopic (exact) mass is 309 g/mol. The van der Waals surface area contributed by atoms with E-state index in [1.54, 1.807) is 18.2 Å². The number of carbonyl (C=O) groups is 3. The predicted octanol–water partition coefficient (Wildman–Crippen LogP) is 1.42. The second-order valence-electron chi connectivity index (χ2n) is 4.80. The predicted molar refractivity (Wildman–Crippen MR) is 78.9 cm³/mol. The number of amides is 2. The second kappa shape index (κ2) is 6.69. The Kier molecular flexibility index (Phi) is 4.93. The minimum atomic E-state index is -0.544. The quantitative estimate of drug-likeness (QED) is 0.273. The first-order valence-electron chi connectivity index (χ1n) is 6.70. The first-order valence-corrected chi connectivity index (χ1v) is 7.08. The van der Waals surface area contributed by atoms with E-state index in [-0.39, 0.29) is 5.91 Å². The standard InChI is InChI=1S/C14H16ClN3O3/c15-10-6-4-5-9-12(10)18(14(21)13(9)20)8-3-1-2-7-11(19)17-16/h4-6H,1-3,7-8,16H2,(H,17,19). The lowest BCUT2D eigenvalue weighted by molar-refractivity contribution is -0.121. The van der Waals surface area contributed by atoms with E-state index in [4.69, 9.17) is 17.4 Å². The smallest absolute Gasteiger partial charge is 0.299 e. The summed E-state index contributed by atoms with van der Waals surface area (Å²) in [6, 6.07) is 4.92. The van der Waals surface area contributed by atoms with Gasteiger partial charge in [-0.05, 0) is 25.0 Å². The normalized spacial score (nSPS) is 13.5. The number of fused-ring (bicyclic) bond motifs is 1. The minimum absolute atomic E-state index is 0.212. The lowest BCUT2D eigenvalue weighted by Crippen LogP contribution is -2.31. The molecule has 6 nitrogen and oxygen atoms in total. The average Bonchev–Trinajstić information content (AvgIpc) is 2.73. The summed E-state index contributed by atoms with van der Waals surface area (Å²) >= 11 is 6.08. The van der Waals surface area contributed by atoms with Crippen LogP contribution in [0.1, 0.15) is 36.0 Å². The molecule has 0 bridgehead atoms. The number of hydrazine groups is 1. The summed E-state index contributed by atoms with van der Waals surface area (Å²) in [7, 11) is 0. The Morgan fingerprint density at radius 1 is 1.24 bits per heavy atom. The Balaban J connectivity index is 1.94. The summed E-state index contributed by atoms with van der Waals surface area (Å²) in [6.07, 6.45) is 2.46. The van der Waals surface area contributed by atoms with E-state index in [2.05, 4.69) is 5.43 Å². The van der Waals surface area contributed by atoms with Crippen molar-refractivity contribution in [3.8, 4) is 0 Å². The second-order valence-corrected chi connectivity index (χ2v) is 5.21. The Labute approximate surface area is 127 Å². The molecule has 0 aliphatic carbocycles. The third kappa shape index (κ3) is 3.22. The number of nitrogens with one attached hydrogen (secondary N) is 1. The molecule has 1 aliphatic rings. The van der Waals surface area contributed by atoms with Gasteiger partial charge in [-0.2, -0.15) is 0 Å². The number of Topliss-reactive ketones (excluding diaryl/α,β-unsaturated/α-hetero) is 1. The number of nitrogens with zero attached hydrogens (tertiary/aromatic N) is 1. The molecule has 0 saturated carbocycles. The molecule has 2 amide bonds. The zero-order valence-electron chi connectivity index (χ0n) is 11.4. The highest BCUT2D eigenvalue weighted by molar-refractivity contribution is 6.54. The number of anilines is 1. The highest BCUT2D eigenvalue weighted by Gasteiger charge is 2.36. The Hall–Kier alpha value is -1.92. The van der Waals surface area contributed by atoms with Crippen molar-refractivity contribution in [2.45, 2.75) is 25.7 Å². The molecule has 1 aromatic rings. The summed E-state index contributed by atoms with van der Waals surface area (Å²) in [5.41, 5.74) is 2.92. The largest absolute Gasteiger partial charge is 0.303 e. The molecule has 0 fully saturated rings. The number of benzene rings is 1. The van der Waals surface area contributed by atoms with Gasteiger partial charge in [-0.25, -0.2) is 5.84 Å². The molecular formula is C14H16ClN3O3. The molecule has 7 heteroatoms. The molecule has 0 atom stereocenters. The SMILES string of the molecule is NNC(=O)CCCCCN1C(=O)C(=O)c2cccc(Cl)c21. The fourth-order valence-electron chi connectivity index (χ4n) is 2.33. The van der Waals surface area contributed by atoms with Crippen molar-refractivity contribution < 1.29 is 14.4 Å². The van der Waals surface area contributed by atoms with Crippen molar-refractivity contribution in [1.82, 2.24) is 5.43 Å². The van der Waals surface area contributed by atoms with Crippen LogP contribution in [0.3, 0.4) is 0 Å². The van der Waals surface area contributed by atoms with Crippen molar-refractivity contribution in [3.63, 3.8) is 0 Å². The van der Waals surface area contributed by atoms with Crippen LogP contribution in [-0.4, -0.2) is 24.1 Å². The van der Waals surface area contributed by atoms with Crippen molar-refractivity contribution in [1.29, 1.82) is 0 Å². The highest BCUT2D eigenvalue weighted by atomic mass is 35.5. The number of unbranched alkanes of at least 4 members (excludes halogenated alkanes) is 2. The number of nitrogens with two attached hydrogens (primary N) is 1. The molecule has 1 aromatic carbocycles. The van der Waals surface area contributed by atoms with Crippen LogP contribution in [0.5, 0.6) is 0 Å². The summed E-state index contributed by atoms with van der Waals surface area (Å²) in [5.74, 6) is 3.71. The van der Waals surface area contributed by atoms with Gasteiger partial charge in [-0.1, -0.05) is 24.1 Å². The fourth-order valence-corrected chi connectivity index (χ4v) is 2.61. The minimum Gasteiger partial charge on any atom is -0.303 e. The Bertz CT molecular complexity index is 589. The zero-order chi connectivity index (χ0) is 15.4. The lowest BCUT2D eigenvalue weighted by Gasteiger charge is -2.17. The number of ketones is 1. The van der Waals surface area contributed by atoms with E-state index in [1.807, 2.05) is 0 Å². The Morgan fingerprint density at radius 3 is 2.71 bits per heavy atom. The average molecular weight is 310 g/mol. The van der Waals surface area contributed by atoms with Crippen LogP contribution in [-0.2, 0) is 9.59 Å². The van der Waals surface area contributed by atoms with Gasteiger partial charge in [0.15, 0.2) is 0 Å². The summed E-state index contributed by atoms with van der Waals surface area (Å²) < 4.78 is 0. The molecule has 112 valence electrons. The number of hydrogen-bond donors (Lipinski definition) is 2. The van der Waals surface area contributed by atoms with E-state index in [0.717, 1.165) is 6.42 Å². The number of halogens is 1. The summed E-state index contributed by atoms with van der Waals surface area (Å²) in [5, 5.41) is 0.397. The van der Waals surface area contributed by atoms with Gasteiger partial charge in [0, 0.05) is 13.0 Å². The molecular weight excluding hydrogens is 294 g/mol. The molecule has 0 saturated heterocycles. The van der Waals surface area contributed by atoms with Crippen molar-refractivity contribution in [3.05, 3.63) is 28.8 Å². The van der Waals surface area contributed by atoms with Crippen molar-refractivity contribution in [2.75, 3.05) is 11.4 Å². The molecule has 1 heterocycles. The first kappa shape index (κ1) is 15.5. The van der Waals surface area contributed by atoms with Crippen LogP contribution in [0.15, 0.2) is 18.2 Å². The van der Waals surface area contributed by atoms with Gasteiger partial charge in [0.05, 0.1) is 16.3 Å². The molecule has 2 rings (SSSR count). The molecule has 0 spiro atoms. The molecule has 0 aromatic heterocycles. The van der Waals surface area contributed by atoms with E-state index in [9.17, 15) is 14.4 Å². The number of rotatable bonds is 6. The van der Waals surface area contributed by atoms with Gasteiger partial charge in [-0.15, -0.1) is 0 Å². The van der Waals surface area contributed by atoms with Crippen LogP contribution in [0, 0.1) is 0 Å². The van der Waals surface area contributed by atoms with Crippen LogP contribution >= 0.6 is 11.6 Å². The van der Waals surface area contributed by atoms with E-state index >= 15 is 0 Å². The van der Waals surface area contributed by atoms with Crippen LogP contribution < -0.4 is 16.2 Å². The van der Waals surface area contributed by atoms with Crippen LogP contribution in [0.2, 0.25) is 5.02 Å². The fraction of sp³-hybridized carbons (Fsp3) is 0.357. The van der Waals surface area contributed by atoms with E-state index < -0.39 is 11.7 Å². The number of hydrogen-bond acceptors (Lipinski definition) is 4. The van der Waals surface area contributed by atoms with Gasteiger partial charge in [0.1, 0.15) is 0 Å². The Morgan fingerprint density at radius 2 is 2.00 bits per heavy atom. The summed E-state index contributed by atoms with van der Waals surface area (Å²) in [4.78, 5) is 36.2. The van der Waals surface area contributed by atoms with Gasteiger partial charge >= 0.3 is 0 Å². The lowest BCUT2D eigenvalue weighted by atomic mass is 10.1. The molecule has 1 aliphatic heterocycles. The van der Waals surface area contributed by atoms with E-state index in [1.165, 1.54) is 4.90 Å². The maximum Gasteiger partial charge on any atom is 0.299 e. The van der Waals surface area contributed by atoms with Gasteiger partial charge in [-0.3, -0.25) is 19.8 Å². The van der Waals surface area contributed by atoms with Crippen molar-refractivity contribution in [2.24, 2.45) is 5.84 Å². The molecule has 3 N–H and O–H groups in total. The first-order chi connectivity index (χ1) is 10.1. The van der Waals surface area contributed by atoms with E-state index in [0.29, 0.717) is 42.1 Å².